The van der Waals surface area contributed by atoms with E-state index in [9.17, 15) is 0 Å². The van der Waals surface area contributed by atoms with Crippen LogP contribution in [0.5, 0.6) is 0 Å². The average Bonchev–Trinajstić information content (AvgIpc) is 2.46. The molecule has 4 heteroatoms. The van der Waals surface area contributed by atoms with Gasteiger partial charge >= 0.3 is 0 Å². The van der Waals surface area contributed by atoms with Crippen LogP contribution in [0, 0.1) is 0 Å². The Kier molecular flexibility index (Phi) is 6.60. The molecule has 0 saturated carbocycles. The minimum atomic E-state index is 0.736. The van der Waals surface area contributed by atoms with Crippen molar-refractivity contribution in [1.82, 2.24) is 5.32 Å². The number of ether oxygens (including phenoxy) is 1. The van der Waals surface area contributed by atoms with Gasteiger partial charge in [-0.1, -0.05) is 52.0 Å². The molecule has 0 aliphatic rings. The van der Waals surface area contributed by atoms with Crippen molar-refractivity contribution in [2.24, 2.45) is 0 Å². The predicted molar refractivity (Wildman–Crippen MR) is 88.3 cm³/mol. The molecule has 0 saturated heterocycles. The topological polar surface area (TPSA) is 21.3 Å². The summed E-state index contributed by atoms with van der Waals surface area (Å²) in [5, 5.41) is 3.35. The van der Waals surface area contributed by atoms with E-state index in [4.69, 9.17) is 4.74 Å². The number of methoxy groups -OCH3 is 1. The SMILES string of the molecule is COCCNCc1ccc(Sc2ccccc2)cc1Br. The Labute approximate surface area is 133 Å². The van der Waals surface area contributed by atoms with Crippen LogP contribution in [0.1, 0.15) is 5.56 Å². The average molecular weight is 352 g/mol. The molecule has 0 heterocycles. The van der Waals surface area contributed by atoms with Crippen LogP contribution in [0.3, 0.4) is 0 Å². The molecule has 0 bridgehead atoms. The van der Waals surface area contributed by atoms with Crippen molar-refractivity contribution in [3.05, 3.63) is 58.6 Å². The van der Waals surface area contributed by atoms with Gasteiger partial charge in [-0.3, -0.25) is 0 Å². The standard InChI is InChI=1S/C16H18BrNOS/c1-19-10-9-18-12-13-7-8-15(11-16(13)17)20-14-5-3-2-4-6-14/h2-8,11,18H,9-10,12H2,1H3. The van der Waals surface area contributed by atoms with Gasteiger partial charge in [0.15, 0.2) is 0 Å². The summed E-state index contributed by atoms with van der Waals surface area (Å²) < 4.78 is 6.16. The normalized spacial score (nSPS) is 10.7. The van der Waals surface area contributed by atoms with Crippen LogP contribution in [0.2, 0.25) is 0 Å². The summed E-state index contributed by atoms with van der Waals surface area (Å²) >= 11 is 5.42. The number of rotatable bonds is 7. The lowest BCUT2D eigenvalue weighted by Gasteiger charge is -2.08. The molecule has 0 aromatic heterocycles. The highest BCUT2D eigenvalue weighted by molar-refractivity contribution is 9.10. The van der Waals surface area contributed by atoms with Crippen LogP contribution in [0.25, 0.3) is 0 Å². The van der Waals surface area contributed by atoms with Gasteiger partial charge in [-0.05, 0) is 29.8 Å². The number of benzene rings is 2. The first-order chi connectivity index (χ1) is 9.79. The lowest BCUT2D eigenvalue weighted by Crippen LogP contribution is -2.18. The number of hydrogen-bond donors (Lipinski definition) is 1. The Bertz CT molecular complexity index is 533. The summed E-state index contributed by atoms with van der Waals surface area (Å²) in [5.74, 6) is 0. The number of hydrogen-bond acceptors (Lipinski definition) is 3. The first-order valence-corrected chi connectivity index (χ1v) is 8.11. The van der Waals surface area contributed by atoms with Gasteiger partial charge in [-0.15, -0.1) is 0 Å². The van der Waals surface area contributed by atoms with Crippen molar-refractivity contribution in [3.63, 3.8) is 0 Å². The molecule has 2 nitrogen and oxygen atoms in total. The quantitative estimate of drug-likeness (QED) is 0.749. The second kappa shape index (κ2) is 8.47. The molecule has 0 aliphatic carbocycles. The van der Waals surface area contributed by atoms with Gasteiger partial charge in [0.2, 0.25) is 0 Å². The molecule has 0 fully saturated rings. The van der Waals surface area contributed by atoms with Gasteiger partial charge in [-0.2, -0.15) is 0 Å². The van der Waals surface area contributed by atoms with Gasteiger partial charge in [0.1, 0.15) is 0 Å². The van der Waals surface area contributed by atoms with Gasteiger partial charge in [0, 0.05) is 34.5 Å². The molecule has 0 unspecified atom stereocenters. The van der Waals surface area contributed by atoms with E-state index in [2.05, 4.69) is 63.7 Å². The van der Waals surface area contributed by atoms with E-state index < -0.39 is 0 Å². The molecule has 2 rings (SSSR count). The Morgan fingerprint density at radius 2 is 1.90 bits per heavy atom. The van der Waals surface area contributed by atoms with E-state index in [0.29, 0.717) is 0 Å². The largest absolute Gasteiger partial charge is 0.383 e. The van der Waals surface area contributed by atoms with Crippen molar-refractivity contribution in [2.45, 2.75) is 16.3 Å². The zero-order chi connectivity index (χ0) is 14.2. The van der Waals surface area contributed by atoms with Gasteiger partial charge < -0.3 is 10.1 Å². The van der Waals surface area contributed by atoms with E-state index in [1.54, 1.807) is 18.9 Å². The molecule has 2 aromatic rings. The third kappa shape index (κ3) is 4.94. The Morgan fingerprint density at radius 1 is 1.10 bits per heavy atom. The summed E-state index contributed by atoms with van der Waals surface area (Å²) in [5.41, 5.74) is 1.26. The maximum absolute atomic E-state index is 5.02. The predicted octanol–water partition coefficient (Wildman–Crippen LogP) is 4.34. The molecular formula is C16H18BrNOS. The number of halogens is 1. The Hall–Kier alpha value is -0.810. The molecular weight excluding hydrogens is 334 g/mol. The Morgan fingerprint density at radius 3 is 2.60 bits per heavy atom. The molecule has 106 valence electrons. The zero-order valence-electron chi connectivity index (χ0n) is 11.4. The van der Waals surface area contributed by atoms with E-state index >= 15 is 0 Å². The summed E-state index contributed by atoms with van der Waals surface area (Å²) in [6, 6.07) is 16.9. The first kappa shape index (κ1) is 15.6. The van der Waals surface area contributed by atoms with E-state index in [1.807, 2.05) is 6.07 Å². The maximum Gasteiger partial charge on any atom is 0.0587 e. The monoisotopic (exact) mass is 351 g/mol. The third-order valence-electron chi connectivity index (χ3n) is 2.80. The van der Waals surface area contributed by atoms with E-state index in [0.717, 1.165) is 24.2 Å². The zero-order valence-corrected chi connectivity index (χ0v) is 13.8. The summed E-state index contributed by atoms with van der Waals surface area (Å²) in [6.45, 7) is 2.45. The number of nitrogens with one attached hydrogen (secondary N) is 1. The Balaban J connectivity index is 1.95. The van der Waals surface area contributed by atoms with Crippen molar-refractivity contribution >= 4 is 27.7 Å². The molecule has 0 radical (unpaired) electrons. The summed E-state index contributed by atoms with van der Waals surface area (Å²) in [4.78, 5) is 2.49. The second-order valence-electron chi connectivity index (χ2n) is 4.34. The van der Waals surface area contributed by atoms with Crippen molar-refractivity contribution in [1.29, 1.82) is 0 Å². The molecule has 0 spiro atoms. The fourth-order valence-electron chi connectivity index (χ4n) is 1.76. The van der Waals surface area contributed by atoms with Crippen LogP contribution >= 0.6 is 27.7 Å². The second-order valence-corrected chi connectivity index (χ2v) is 6.34. The van der Waals surface area contributed by atoms with Crippen LogP contribution in [0.15, 0.2) is 62.8 Å². The van der Waals surface area contributed by atoms with Crippen LogP contribution in [0.4, 0.5) is 0 Å². The highest BCUT2D eigenvalue weighted by Crippen LogP contribution is 2.30. The minimum Gasteiger partial charge on any atom is -0.383 e. The van der Waals surface area contributed by atoms with Crippen molar-refractivity contribution in [3.8, 4) is 0 Å². The highest BCUT2D eigenvalue weighted by Gasteiger charge is 2.03. The lowest BCUT2D eigenvalue weighted by atomic mass is 10.2. The summed E-state index contributed by atoms with van der Waals surface area (Å²) in [6.07, 6.45) is 0. The first-order valence-electron chi connectivity index (χ1n) is 6.50. The molecule has 2 aromatic carbocycles. The van der Waals surface area contributed by atoms with Crippen molar-refractivity contribution < 1.29 is 4.74 Å². The van der Waals surface area contributed by atoms with Crippen molar-refractivity contribution in [2.75, 3.05) is 20.3 Å². The molecule has 0 aliphatic heterocycles. The molecule has 1 N–H and O–H groups in total. The highest BCUT2D eigenvalue weighted by atomic mass is 79.9. The minimum absolute atomic E-state index is 0.736. The smallest absolute Gasteiger partial charge is 0.0587 e. The van der Waals surface area contributed by atoms with E-state index in [1.165, 1.54) is 15.4 Å². The molecule has 0 amide bonds. The third-order valence-corrected chi connectivity index (χ3v) is 4.54. The van der Waals surface area contributed by atoms with Crippen LogP contribution in [-0.2, 0) is 11.3 Å². The molecule has 0 atom stereocenters. The molecule has 20 heavy (non-hydrogen) atoms. The van der Waals surface area contributed by atoms with Gasteiger partial charge in [-0.25, -0.2) is 0 Å². The van der Waals surface area contributed by atoms with Gasteiger partial charge in [0.05, 0.1) is 6.61 Å². The van der Waals surface area contributed by atoms with Crippen LogP contribution in [-0.4, -0.2) is 20.3 Å². The van der Waals surface area contributed by atoms with Gasteiger partial charge in [0.25, 0.3) is 0 Å². The van der Waals surface area contributed by atoms with Crippen LogP contribution < -0.4 is 5.32 Å². The lowest BCUT2D eigenvalue weighted by molar-refractivity contribution is 0.199. The van der Waals surface area contributed by atoms with E-state index in [-0.39, 0.29) is 0 Å². The fourth-order valence-corrected chi connectivity index (χ4v) is 3.31. The summed E-state index contributed by atoms with van der Waals surface area (Å²) in [7, 11) is 1.72. The maximum atomic E-state index is 5.02. The fraction of sp³-hybridized carbons (Fsp3) is 0.250.